The van der Waals surface area contributed by atoms with Crippen molar-refractivity contribution in [3.8, 4) is 0 Å². The fourth-order valence-electron chi connectivity index (χ4n) is 0.708. The number of nitrogens with zero attached hydrogens (tertiary/aromatic N) is 2. The minimum atomic E-state index is 0.639. The molecule has 0 fully saturated rings. The minimum Gasteiger partial charge on any atom is -0.388 e. The molecule has 2 N–H and O–H groups in total. The van der Waals surface area contributed by atoms with E-state index in [2.05, 4.69) is 9.98 Å². The average Bonchev–Trinajstić information content (AvgIpc) is 2.39. The van der Waals surface area contributed by atoms with E-state index in [-0.39, 0.29) is 0 Å². The first kappa shape index (κ1) is 8.20. The molecule has 0 unspecified atom stereocenters. The molecular formula is C7H11N3S. The summed E-state index contributed by atoms with van der Waals surface area (Å²) in [5.41, 5.74) is 8.29. The van der Waals surface area contributed by atoms with Gasteiger partial charge in [-0.05, 0) is 6.92 Å². The zero-order valence-corrected chi connectivity index (χ0v) is 7.27. The third-order valence-electron chi connectivity index (χ3n) is 1.21. The van der Waals surface area contributed by atoms with E-state index in [0.717, 1.165) is 18.7 Å². The molecule has 4 heteroatoms. The first-order valence-electron chi connectivity index (χ1n) is 3.42. The molecule has 0 spiro atoms. The maximum atomic E-state index is 5.36. The lowest BCUT2D eigenvalue weighted by atomic mass is 10.3. The van der Waals surface area contributed by atoms with Crippen molar-refractivity contribution in [3.05, 3.63) is 16.6 Å². The van der Waals surface area contributed by atoms with Crippen molar-refractivity contribution in [3.63, 3.8) is 0 Å². The maximum Gasteiger partial charge on any atom is 0.0905 e. The molecule has 1 aromatic heterocycles. The molecule has 11 heavy (non-hydrogen) atoms. The third-order valence-corrected chi connectivity index (χ3v) is 1.85. The summed E-state index contributed by atoms with van der Waals surface area (Å²) < 4.78 is 0. The van der Waals surface area contributed by atoms with Gasteiger partial charge in [0.1, 0.15) is 0 Å². The Morgan fingerprint density at radius 3 is 3.18 bits per heavy atom. The number of nitrogens with two attached hydrogens (primary N) is 1. The third kappa shape index (κ3) is 3.13. The van der Waals surface area contributed by atoms with Gasteiger partial charge in [0.2, 0.25) is 0 Å². The summed E-state index contributed by atoms with van der Waals surface area (Å²) in [5.74, 6) is 0.639. The average molecular weight is 169 g/mol. The lowest BCUT2D eigenvalue weighted by molar-refractivity contribution is 0.932. The molecule has 1 heterocycles. The molecule has 0 aromatic carbocycles. The quantitative estimate of drug-likeness (QED) is 0.543. The molecular weight excluding hydrogens is 158 g/mol. The Hall–Kier alpha value is -0.900. The molecule has 1 rings (SSSR count). The van der Waals surface area contributed by atoms with Gasteiger partial charge in [0.05, 0.1) is 17.0 Å². The van der Waals surface area contributed by atoms with Crippen LogP contribution >= 0.6 is 11.3 Å². The molecule has 0 aliphatic rings. The predicted octanol–water partition coefficient (Wildman–Crippen LogP) is 1.06. The van der Waals surface area contributed by atoms with E-state index >= 15 is 0 Å². The van der Waals surface area contributed by atoms with Gasteiger partial charge < -0.3 is 5.73 Å². The van der Waals surface area contributed by atoms with E-state index in [4.69, 9.17) is 5.73 Å². The Labute approximate surface area is 70.0 Å². The molecule has 0 aliphatic heterocycles. The fraction of sp³-hybridized carbons (Fsp3) is 0.429. The molecule has 3 nitrogen and oxygen atoms in total. The molecule has 0 saturated heterocycles. The number of hydrogen-bond donors (Lipinski definition) is 1. The number of aromatic nitrogens is 1. The van der Waals surface area contributed by atoms with Crippen molar-refractivity contribution < 1.29 is 0 Å². The van der Waals surface area contributed by atoms with Crippen LogP contribution in [0.25, 0.3) is 0 Å². The van der Waals surface area contributed by atoms with E-state index in [1.54, 1.807) is 18.3 Å². The summed E-state index contributed by atoms with van der Waals surface area (Å²) in [4.78, 5) is 8.18. The smallest absolute Gasteiger partial charge is 0.0905 e. The highest BCUT2D eigenvalue weighted by atomic mass is 32.1. The molecule has 0 bridgehead atoms. The summed E-state index contributed by atoms with van der Waals surface area (Å²) in [5, 5.41) is 2.03. The van der Waals surface area contributed by atoms with Crippen LogP contribution in [0, 0.1) is 0 Å². The molecule has 0 atom stereocenters. The van der Waals surface area contributed by atoms with E-state index in [1.165, 1.54) is 0 Å². The van der Waals surface area contributed by atoms with Crippen molar-refractivity contribution in [1.29, 1.82) is 0 Å². The Balaban J connectivity index is 2.30. The molecule has 60 valence electrons. The summed E-state index contributed by atoms with van der Waals surface area (Å²) in [6.45, 7) is 2.53. The summed E-state index contributed by atoms with van der Waals surface area (Å²) in [6.07, 6.45) is 0.887. The van der Waals surface area contributed by atoms with Gasteiger partial charge in [0.25, 0.3) is 0 Å². The highest BCUT2D eigenvalue weighted by molar-refractivity contribution is 7.07. The van der Waals surface area contributed by atoms with Crippen molar-refractivity contribution in [1.82, 2.24) is 4.98 Å². The maximum absolute atomic E-state index is 5.36. The normalized spacial score (nSPS) is 11.9. The Morgan fingerprint density at radius 1 is 1.82 bits per heavy atom. The van der Waals surface area contributed by atoms with Crippen LogP contribution in [-0.4, -0.2) is 17.4 Å². The molecule has 0 amide bonds. The number of rotatable bonds is 3. The van der Waals surface area contributed by atoms with Gasteiger partial charge in [-0.1, -0.05) is 0 Å². The zero-order chi connectivity index (χ0) is 8.10. The second-order valence-electron chi connectivity index (χ2n) is 2.25. The van der Waals surface area contributed by atoms with Gasteiger partial charge in [-0.3, -0.25) is 4.99 Å². The highest BCUT2D eigenvalue weighted by Crippen LogP contribution is 2.01. The Morgan fingerprint density at radius 2 is 2.64 bits per heavy atom. The van der Waals surface area contributed by atoms with Crippen molar-refractivity contribution in [2.75, 3.05) is 6.54 Å². The van der Waals surface area contributed by atoms with Crippen LogP contribution < -0.4 is 5.73 Å². The number of aliphatic imine (C=N–C) groups is 1. The fourth-order valence-corrected chi connectivity index (χ4v) is 1.30. The summed E-state index contributed by atoms with van der Waals surface area (Å²) in [7, 11) is 0. The van der Waals surface area contributed by atoms with Gasteiger partial charge in [-0.15, -0.1) is 11.3 Å². The summed E-state index contributed by atoms with van der Waals surface area (Å²) in [6, 6.07) is 0. The molecule has 1 aromatic rings. The van der Waals surface area contributed by atoms with Crippen LogP contribution in [0.4, 0.5) is 0 Å². The van der Waals surface area contributed by atoms with Gasteiger partial charge in [0, 0.05) is 18.3 Å². The zero-order valence-electron chi connectivity index (χ0n) is 6.45. The number of thiazole rings is 1. The highest BCUT2D eigenvalue weighted by Gasteiger charge is 1.91. The summed E-state index contributed by atoms with van der Waals surface area (Å²) >= 11 is 1.61. The predicted molar refractivity (Wildman–Crippen MR) is 48.0 cm³/mol. The monoisotopic (exact) mass is 169 g/mol. The second kappa shape index (κ2) is 4.08. The van der Waals surface area contributed by atoms with Crippen LogP contribution in [0.15, 0.2) is 15.9 Å². The van der Waals surface area contributed by atoms with Crippen molar-refractivity contribution in [2.24, 2.45) is 10.7 Å². The standard InChI is InChI=1S/C7H11N3S/c1-6(8)9-3-2-7-4-11-5-10-7/h4-5H,2-3H2,1H3,(H2,8,9). The SMILES string of the molecule is CC(N)=NCCc1cscn1. The molecule has 0 aliphatic carbocycles. The Kier molecular flexibility index (Phi) is 3.04. The van der Waals surface area contributed by atoms with Gasteiger partial charge in [-0.2, -0.15) is 0 Å². The lowest BCUT2D eigenvalue weighted by Gasteiger charge is -1.91. The number of amidine groups is 1. The van der Waals surface area contributed by atoms with Gasteiger partial charge >= 0.3 is 0 Å². The largest absolute Gasteiger partial charge is 0.388 e. The topological polar surface area (TPSA) is 51.3 Å². The van der Waals surface area contributed by atoms with Gasteiger partial charge in [0.15, 0.2) is 0 Å². The van der Waals surface area contributed by atoms with E-state index in [1.807, 2.05) is 10.9 Å². The minimum absolute atomic E-state index is 0.639. The van der Waals surface area contributed by atoms with Crippen molar-refractivity contribution >= 4 is 17.2 Å². The second-order valence-corrected chi connectivity index (χ2v) is 2.97. The van der Waals surface area contributed by atoms with Gasteiger partial charge in [-0.25, -0.2) is 4.98 Å². The molecule has 0 saturated carbocycles. The van der Waals surface area contributed by atoms with E-state index < -0.39 is 0 Å². The number of hydrogen-bond acceptors (Lipinski definition) is 3. The van der Waals surface area contributed by atoms with E-state index in [9.17, 15) is 0 Å². The Bertz CT molecular complexity index is 224. The van der Waals surface area contributed by atoms with Crippen LogP contribution in [0.1, 0.15) is 12.6 Å². The van der Waals surface area contributed by atoms with Crippen molar-refractivity contribution in [2.45, 2.75) is 13.3 Å². The van der Waals surface area contributed by atoms with E-state index in [0.29, 0.717) is 5.84 Å². The lowest BCUT2D eigenvalue weighted by Crippen LogP contribution is -2.06. The molecule has 0 radical (unpaired) electrons. The van der Waals surface area contributed by atoms with Crippen LogP contribution in [-0.2, 0) is 6.42 Å². The van der Waals surface area contributed by atoms with Crippen LogP contribution in [0.2, 0.25) is 0 Å². The van der Waals surface area contributed by atoms with Crippen LogP contribution in [0.3, 0.4) is 0 Å². The van der Waals surface area contributed by atoms with Crippen LogP contribution in [0.5, 0.6) is 0 Å². The first-order chi connectivity index (χ1) is 5.29. The first-order valence-corrected chi connectivity index (χ1v) is 4.37.